The van der Waals surface area contributed by atoms with Gasteiger partial charge in [0.15, 0.2) is 0 Å². The fourth-order valence-electron chi connectivity index (χ4n) is 2.00. The highest BCUT2D eigenvalue weighted by molar-refractivity contribution is 7.86. The van der Waals surface area contributed by atoms with E-state index in [1.54, 1.807) is 0 Å². The van der Waals surface area contributed by atoms with Crippen LogP contribution in [-0.4, -0.2) is 24.8 Å². The van der Waals surface area contributed by atoms with Crippen LogP contribution in [0.2, 0.25) is 0 Å². The summed E-state index contributed by atoms with van der Waals surface area (Å²) < 4.78 is 24.1. The molecule has 0 amide bonds. The molecule has 1 atom stereocenters. The van der Waals surface area contributed by atoms with Gasteiger partial charge in [0.05, 0.1) is 11.7 Å². The van der Waals surface area contributed by atoms with Gasteiger partial charge in [-0.15, -0.1) is 11.3 Å². The van der Waals surface area contributed by atoms with E-state index in [2.05, 4.69) is 4.98 Å². The Morgan fingerprint density at radius 1 is 1.24 bits per heavy atom. The predicted octanol–water partition coefficient (Wildman–Crippen LogP) is 2.62. The number of hydrogen-bond donors (Lipinski definition) is 1. The summed E-state index contributed by atoms with van der Waals surface area (Å²) in [6, 6.07) is 7.77. The Labute approximate surface area is 129 Å². The molecule has 0 saturated carbocycles. The summed E-state index contributed by atoms with van der Waals surface area (Å²) >= 11 is 1.50. The molecule has 1 aromatic carbocycles. The first-order chi connectivity index (χ1) is 9.70. The van der Waals surface area contributed by atoms with Gasteiger partial charge < -0.3 is 0 Å². The lowest BCUT2D eigenvalue weighted by molar-refractivity contribution is 0.402. The highest BCUT2D eigenvalue weighted by Gasteiger charge is 2.24. The van der Waals surface area contributed by atoms with Gasteiger partial charge in [0.25, 0.3) is 10.2 Å². The number of nitrogens with zero attached hydrogens (tertiary/aromatic N) is 2. The van der Waals surface area contributed by atoms with E-state index in [0.29, 0.717) is 0 Å². The minimum atomic E-state index is -3.72. The molecule has 0 fully saturated rings. The second-order valence-electron chi connectivity index (χ2n) is 5.07. The Balaban J connectivity index is 2.37. The lowest BCUT2D eigenvalue weighted by atomic mass is 10.2. The van der Waals surface area contributed by atoms with Crippen molar-refractivity contribution in [2.45, 2.75) is 26.8 Å². The smallest absolute Gasteiger partial charge is 0.241 e. The third kappa shape index (κ3) is 3.49. The van der Waals surface area contributed by atoms with Gasteiger partial charge >= 0.3 is 0 Å². The van der Waals surface area contributed by atoms with Crippen LogP contribution in [0.4, 0.5) is 0 Å². The van der Waals surface area contributed by atoms with Crippen molar-refractivity contribution in [3.8, 4) is 10.6 Å². The molecule has 0 radical (unpaired) electrons. The van der Waals surface area contributed by atoms with Crippen LogP contribution >= 0.6 is 11.3 Å². The van der Waals surface area contributed by atoms with E-state index in [4.69, 9.17) is 5.14 Å². The average molecular weight is 325 g/mol. The number of nitrogens with two attached hydrogens (primary N) is 1. The Hall–Kier alpha value is -1.28. The summed E-state index contributed by atoms with van der Waals surface area (Å²) in [5.41, 5.74) is 3.05. The zero-order valence-electron chi connectivity index (χ0n) is 12.5. The molecule has 1 aromatic heterocycles. The first kappa shape index (κ1) is 16.1. The van der Waals surface area contributed by atoms with Crippen molar-refractivity contribution in [2.75, 3.05) is 7.05 Å². The predicted molar refractivity (Wildman–Crippen MR) is 86.3 cm³/mol. The lowest BCUT2D eigenvalue weighted by Crippen LogP contribution is -2.35. The molecule has 0 aliphatic carbocycles. The van der Waals surface area contributed by atoms with Gasteiger partial charge in [-0.2, -0.15) is 12.7 Å². The first-order valence-electron chi connectivity index (χ1n) is 6.50. The summed E-state index contributed by atoms with van der Waals surface area (Å²) in [6.07, 6.45) is 0. The number of thiazole rings is 1. The first-order valence-corrected chi connectivity index (χ1v) is 8.82. The monoisotopic (exact) mass is 325 g/mol. The summed E-state index contributed by atoms with van der Waals surface area (Å²) in [4.78, 5) is 5.46. The van der Waals surface area contributed by atoms with Gasteiger partial charge in [-0.05, 0) is 20.8 Å². The number of benzene rings is 1. The molecule has 2 aromatic rings. The molecule has 0 bridgehead atoms. The van der Waals surface area contributed by atoms with Crippen molar-refractivity contribution in [3.05, 3.63) is 40.4 Å². The number of aryl methyl sites for hydroxylation is 2. The van der Waals surface area contributed by atoms with Gasteiger partial charge in [0, 0.05) is 17.5 Å². The molecule has 1 heterocycles. The molecule has 0 spiro atoms. The van der Waals surface area contributed by atoms with Crippen molar-refractivity contribution in [1.29, 1.82) is 0 Å². The normalized spacial score (nSPS) is 13.6. The highest BCUT2D eigenvalue weighted by atomic mass is 32.2. The van der Waals surface area contributed by atoms with E-state index in [1.807, 2.05) is 45.0 Å². The second kappa shape index (κ2) is 5.84. The molecule has 0 aliphatic rings. The minimum Gasteiger partial charge on any atom is -0.241 e. The molecule has 114 valence electrons. The van der Waals surface area contributed by atoms with E-state index in [0.717, 1.165) is 25.4 Å². The minimum absolute atomic E-state index is 0.336. The van der Waals surface area contributed by atoms with Crippen molar-refractivity contribution in [3.63, 3.8) is 0 Å². The van der Waals surface area contributed by atoms with Gasteiger partial charge in [-0.1, -0.05) is 29.8 Å². The second-order valence-corrected chi connectivity index (χ2v) is 7.71. The zero-order valence-corrected chi connectivity index (χ0v) is 14.1. The summed E-state index contributed by atoms with van der Waals surface area (Å²) in [7, 11) is -2.24. The van der Waals surface area contributed by atoms with Gasteiger partial charge in [0.2, 0.25) is 0 Å². The van der Waals surface area contributed by atoms with Crippen LogP contribution in [0.15, 0.2) is 24.3 Å². The molecule has 2 N–H and O–H groups in total. The van der Waals surface area contributed by atoms with Crippen molar-refractivity contribution in [1.82, 2.24) is 9.29 Å². The summed E-state index contributed by atoms with van der Waals surface area (Å²) in [6.45, 7) is 5.73. The number of aromatic nitrogens is 1. The largest absolute Gasteiger partial charge is 0.277 e. The number of hydrogen-bond acceptors (Lipinski definition) is 4. The molecular weight excluding hydrogens is 306 g/mol. The third-order valence-corrected chi connectivity index (χ3v) is 5.95. The molecule has 0 saturated heterocycles. The molecule has 21 heavy (non-hydrogen) atoms. The van der Waals surface area contributed by atoms with Crippen LogP contribution in [0.1, 0.15) is 29.1 Å². The Morgan fingerprint density at radius 3 is 2.33 bits per heavy atom. The van der Waals surface area contributed by atoms with E-state index >= 15 is 0 Å². The standard InChI is InChI=1S/C14H19N3O2S2/c1-9-5-7-12(8-6-9)14-16-10(2)13(20-14)11(3)17(4)21(15,18)19/h5-8,11H,1-4H3,(H2,15,18,19). The fraction of sp³-hybridized carbons (Fsp3) is 0.357. The maximum absolute atomic E-state index is 11.5. The Kier molecular flexibility index (Phi) is 4.48. The molecule has 5 nitrogen and oxygen atoms in total. The van der Waals surface area contributed by atoms with Crippen LogP contribution in [0.25, 0.3) is 10.6 Å². The van der Waals surface area contributed by atoms with Crippen molar-refractivity contribution >= 4 is 21.5 Å². The average Bonchev–Trinajstić information content (AvgIpc) is 2.79. The van der Waals surface area contributed by atoms with Crippen LogP contribution in [0.3, 0.4) is 0 Å². The molecule has 1 unspecified atom stereocenters. The highest BCUT2D eigenvalue weighted by Crippen LogP contribution is 2.34. The molecule has 7 heteroatoms. The quantitative estimate of drug-likeness (QED) is 0.939. The van der Waals surface area contributed by atoms with Crippen LogP contribution < -0.4 is 5.14 Å². The van der Waals surface area contributed by atoms with Crippen molar-refractivity contribution < 1.29 is 8.42 Å². The third-order valence-electron chi connectivity index (χ3n) is 3.46. The SMILES string of the molecule is Cc1ccc(-c2nc(C)c(C(C)N(C)S(N)(=O)=O)s2)cc1. The topological polar surface area (TPSA) is 76.3 Å². The van der Waals surface area contributed by atoms with Crippen molar-refractivity contribution in [2.24, 2.45) is 5.14 Å². The van der Waals surface area contributed by atoms with E-state index in [9.17, 15) is 8.42 Å². The van der Waals surface area contributed by atoms with E-state index in [1.165, 1.54) is 23.9 Å². The zero-order chi connectivity index (χ0) is 15.8. The fourth-order valence-corrected chi connectivity index (χ4v) is 3.78. The summed E-state index contributed by atoms with van der Waals surface area (Å²) in [5, 5.41) is 6.07. The Bertz CT molecular complexity index is 736. The van der Waals surface area contributed by atoms with Crippen LogP contribution in [0.5, 0.6) is 0 Å². The molecule has 2 rings (SSSR count). The lowest BCUT2D eigenvalue weighted by Gasteiger charge is -2.20. The van der Waals surface area contributed by atoms with Gasteiger partial charge in [0.1, 0.15) is 5.01 Å². The molecule has 0 aliphatic heterocycles. The van der Waals surface area contributed by atoms with Crippen LogP contribution in [-0.2, 0) is 10.2 Å². The number of rotatable bonds is 4. The maximum Gasteiger partial charge on any atom is 0.277 e. The van der Waals surface area contributed by atoms with E-state index in [-0.39, 0.29) is 6.04 Å². The van der Waals surface area contributed by atoms with Crippen LogP contribution in [0, 0.1) is 13.8 Å². The van der Waals surface area contributed by atoms with Gasteiger partial charge in [-0.3, -0.25) is 0 Å². The Morgan fingerprint density at radius 2 is 1.81 bits per heavy atom. The van der Waals surface area contributed by atoms with Gasteiger partial charge in [-0.25, -0.2) is 10.1 Å². The molecular formula is C14H19N3O2S2. The summed E-state index contributed by atoms with van der Waals surface area (Å²) in [5.74, 6) is 0. The maximum atomic E-state index is 11.5. The van der Waals surface area contributed by atoms with E-state index < -0.39 is 10.2 Å².